The Bertz CT molecular complexity index is 585. The lowest BCUT2D eigenvalue weighted by atomic mass is 10.2. The maximum absolute atomic E-state index is 11.8. The molecule has 0 bridgehead atoms. The lowest BCUT2D eigenvalue weighted by Crippen LogP contribution is -2.40. The quantitative estimate of drug-likeness (QED) is 0.840. The number of nitrogens with one attached hydrogen (secondary N) is 1. The van der Waals surface area contributed by atoms with Crippen LogP contribution in [0.25, 0.3) is 0 Å². The maximum Gasteiger partial charge on any atom is 0.407 e. The van der Waals surface area contributed by atoms with Crippen LogP contribution in [0.4, 0.5) is 10.6 Å². The van der Waals surface area contributed by atoms with Crippen LogP contribution in [-0.2, 0) is 9.47 Å². The van der Waals surface area contributed by atoms with Gasteiger partial charge in [-0.05, 0) is 33.3 Å². The fourth-order valence-corrected chi connectivity index (χ4v) is 2.30. The molecule has 1 aromatic heterocycles. The SMILES string of the molecule is COC(=O)c1cnnc(N2CC[C@@H](NC(=O)OC(C)(C)C)C2)c1. The Morgan fingerprint density at radius 1 is 1.39 bits per heavy atom. The lowest BCUT2D eigenvalue weighted by molar-refractivity contribution is 0.0508. The van der Waals surface area contributed by atoms with Crippen LogP contribution in [0, 0.1) is 0 Å². The van der Waals surface area contributed by atoms with Gasteiger partial charge in [0.15, 0.2) is 5.82 Å². The molecule has 0 saturated carbocycles. The third-order valence-electron chi connectivity index (χ3n) is 3.30. The summed E-state index contributed by atoms with van der Waals surface area (Å²) in [7, 11) is 1.32. The Balaban J connectivity index is 1.95. The number of ether oxygens (including phenoxy) is 2. The number of esters is 1. The fourth-order valence-electron chi connectivity index (χ4n) is 2.30. The topological polar surface area (TPSA) is 93.6 Å². The van der Waals surface area contributed by atoms with E-state index in [4.69, 9.17) is 4.74 Å². The number of carbonyl (C=O) groups excluding carboxylic acids is 2. The number of hydrogen-bond donors (Lipinski definition) is 1. The number of anilines is 1. The zero-order chi connectivity index (χ0) is 17.0. The molecular weight excluding hydrogens is 300 g/mol. The summed E-state index contributed by atoms with van der Waals surface area (Å²) in [5, 5.41) is 10.7. The van der Waals surface area contributed by atoms with E-state index < -0.39 is 17.7 Å². The van der Waals surface area contributed by atoms with Crippen molar-refractivity contribution in [2.45, 2.75) is 38.8 Å². The van der Waals surface area contributed by atoms with E-state index in [1.165, 1.54) is 13.3 Å². The number of aromatic nitrogens is 2. The molecule has 0 aromatic carbocycles. The van der Waals surface area contributed by atoms with Crippen molar-refractivity contribution in [1.29, 1.82) is 0 Å². The average molecular weight is 322 g/mol. The molecule has 0 unspecified atom stereocenters. The number of amides is 1. The summed E-state index contributed by atoms with van der Waals surface area (Å²) in [5.41, 5.74) is -0.177. The van der Waals surface area contributed by atoms with Gasteiger partial charge in [-0.15, -0.1) is 5.10 Å². The van der Waals surface area contributed by atoms with Gasteiger partial charge in [0, 0.05) is 13.1 Å². The highest BCUT2D eigenvalue weighted by atomic mass is 16.6. The number of nitrogens with zero attached hydrogens (tertiary/aromatic N) is 3. The van der Waals surface area contributed by atoms with E-state index in [0.717, 1.165) is 6.42 Å². The van der Waals surface area contributed by atoms with Crippen LogP contribution in [0.1, 0.15) is 37.6 Å². The van der Waals surface area contributed by atoms with Gasteiger partial charge in [-0.3, -0.25) is 0 Å². The standard InChI is InChI=1S/C15H22N4O4/c1-15(2,3)23-14(21)17-11-5-6-19(9-11)12-7-10(8-16-18-12)13(20)22-4/h7-8,11H,5-6,9H2,1-4H3,(H,17,21)/t11-/m1/s1. The molecule has 0 spiro atoms. The molecule has 8 heteroatoms. The minimum absolute atomic E-state index is 0.0339. The number of carbonyl (C=O) groups is 2. The second-order valence-electron chi connectivity index (χ2n) is 6.37. The summed E-state index contributed by atoms with van der Waals surface area (Å²) in [5.74, 6) is 0.130. The summed E-state index contributed by atoms with van der Waals surface area (Å²) in [6.45, 7) is 6.75. The Hall–Kier alpha value is -2.38. The van der Waals surface area contributed by atoms with Crippen LogP contribution in [0.5, 0.6) is 0 Å². The molecule has 1 amide bonds. The molecule has 0 aliphatic carbocycles. The number of rotatable bonds is 3. The van der Waals surface area contributed by atoms with Crippen LogP contribution in [-0.4, -0.2) is 54.1 Å². The molecule has 2 heterocycles. The molecule has 126 valence electrons. The summed E-state index contributed by atoms with van der Waals surface area (Å²) < 4.78 is 9.92. The van der Waals surface area contributed by atoms with Gasteiger partial charge in [0.05, 0.1) is 24.9 Å². The van der Waals surface area contributed by atoms with Gasteiger partial charge < -0.3 is 19.7 Å². The Morgan fingerprint density at radius 3 is 2.78 bits per heavy atom. The fraction of sp³-hybridized carbons (Fsp3) is 0.600. The largest absolute Gasteiger partial charge is 0.465 e. The molecule has 2 rings (SSSR count). The molecule has 23 heavy (non-hydrogen) atoms. The van der Waals surface area contributed by atoms with Crippen LogP contribution < -0.4 is 10.2 Å². The highest BCUT2D eigenvalue weighted by molar-refractivity contribution is 5.89. The molecule has 8 nitrogen and oxygen atoms in total. The molecular formula is C15H22N4O4. The zero-order valence-electron chi connectivity index (χ0n) is 13.8. The maximum atomic E-state index is 11.8. The van der Waals surface area contributed by atoms with Crippen molar-refractivity contribution in [2.75, 3.05) is 25.1 Å². The van der Waals surface area contributed by atoms with Crippen molar-refractivity contribution < 1.29 is 19.1 Å². The van der Waals surface area contributed by atoms with E-state index in [0.29, 0.717) is 24.5 Å². The van der Waals surface area contributed by atoms with Crippen LogP contribution in [0.15, 0.2) is 12.3 Å². The van der Waals surface area contributed by atoms with Gasteiger partial charge in [-0.1, -0.05) is 0 Å². The van der Waals surface area contributed by atoms with E-state index in [1.807, 2.05) is 25.7 Å². The monoisotopic (exact) mass is 322 g/mol. The van der Waals surface area contributed by atoms with Crippen LogP contribution in [0.2, 0.25) is 0 Å². The minimum atomic E-state index is -0.525. The average Bonchev–Trinajstić information content (AvgIpc) is 2.93. The van der Waals surface area contributed by atoms with Crippen molar-refractivity contribution in [3.05, 3.63) is 17.8 Å². The Labute approximate surface area is 135 Å². The summed E-state index contributed by atoms with van der Waals surface area (Å²) >= 11 is 0. The smallest absolute Gasteiger partial charge is 0.407 e. The van der Waals surface area contributed by atoms with E-state index in [-0.39, 0.29) is 6.04 Å². The minimum Gasteiger partial charge on any atom is -0.465 e. The first-order valence-corrected chi connectivity index (χ1v) is 7.44. The molecule has 1 atom stereocenters. The Kier molecular flexibility index (Phi) is 5.02. The normalized spacial score (nSPS) is 17.7. The van der Waals surface area contributed by atoms with Crippen LogP contribution >= 0.6 is 0 Å². The highest BCUT2D eigenvalue weighted by Crippen LogP contribution is 2.19. The van der Waals surface area contributed by atoms with Crippen molar-refractivity contribution in [1.82, 2.24) is 15.5 Å². The third-order valence-corrected chi connectivity index (χ3v) is 3.30. The number of alkyl carbamates (subject to hydrolysis) is 1. The van der Waals surface area contributed by atoms with Gasteiger partial charge in [0.2, 0.25) is 0 Å². The van der Waals surface area contributed by atoms with E-state index in [2.05, 4.69) is 20.3 Å². The molecule has 1 aliphatic heterocycles. The number of methoxy groups -OCH3 is 1. The number of hydrogen-bond acceptors (Lipinski definition) is 7. The third kappa shape index (κ3) is 4.80. The summed E-state index contributed by atoms with van der Waals surface area (Å²) in [4.78, 5) is 25.3. The van der Waals surface area contributed by atoms with E-state index in [1.54, 1.807) is 6.07 Å². The first-order valence-electron chi connectivity index (χ1n) is 7.44. The molecule has 1 N–H and O–H groups in total. The molecule has 1 fully saturated rings. The van der Waals surface area contributed by atoms with Gasteiger partial charge >= 0.3 is 12.1 Å². The summed E-state index contributed by atoms with van der Waals surface area (Å²) in [6, 6.07) is 1.60. The lowest BCUT2D eigenvalue weighted by Gasteiger charge is -2.22. The van der Waals surface area contributed by atoms with Crippen molar-refractivity contribution in [3.8, 4) is 0 Å². The predicted octanol–water partition coefficient (Wildman–Crippen LogP) is 1.37. The Morgan fingerprint density at radius 2 is 2.13 bits per heavy atom. The second-order valence-corrected chi connectivity index (χ2v) is 6.37. The second kappa shape index (κ2) is 6.80. The van der Waals surface area contributed by atoms with Gasteiger partial charge in [-0.2, -0.15) is 5.10 Å². The van der Waals surface area contributed by atoms with E-state index >= 15 is 0 Å². The predicted molar refractivity (Wildman–Crippen MR) is 83.4 cm³/mol. The summed E-state index contributed by atoms with van der Waals surface area (Å²) in [6.07, 6.45) is 1.70. The zero-order valence-corrected chi connectivity index (χ0v) is 13.8. The molecule has 0 radical (unpaired) electrons. The van der Waals surface area contributed by atoms with Gasteiger partial charge in [0.1, 0.15) is 5.60 Å². The van der Waals surface area contributed by atoms with Gasteiger partial charge in [0.25, 0.3) is 0 Å². The van der Waals surface area contributed by atoms with Crippen molar-refractivity contribution >= 4 is 17.9 Å². The highest BCUT2D eigenvalue weighted by Gasteiger charge is 2.27. The van der Waals surface area contributed by atoms with Crippen molar-refractivity contribution in [3.63, 3.8) is 0 Å². The molecule has 1 aliphatic rings. The first kappa shape index (κ1) is 17.0. The van der Waals surface area contributed by atoms with Gasteiger partial charge in [-0.25, -0.2) is 9.59 Å². The van der Waals surface area contributed by atoms with E-state index in [9.17, 15) is 9.59 Å². The molecule has 1 saturated heterocycles. The first-order chi connectivity index (χ1) is 10.8. The van der Waals surface area contributed by atoms with Crippen LogP contribution in [0.3, 0.4) is 0 Å². The molecule has 1 aromatic rings. The van der Waals surface area contributed by atoms with Crippen molar-refractivity contribution in [2.24, 2.45) is 0 Å².